The van der Waals surface area contributed by atoms with E-state index in [1.807, 2.05) is 0 Å². The molecule has 52 valence electrons. The summed E-state index contributed by atoms with van der Waals surface area (Å²) in [4.78, 5) is 10.8. The second-order valence-corrected chi connectivity index (χ2v) is 2.91. The fraction of sp³-hybridized carbons (Fsp3) is 0.875. The normalized spacial score (nSPS) is 28.6. The second-order valence-electron chi connectivity index (χ2n) is 2.91. The zero-order valence-corrected chi connectivity index (χ0v) is 6.02. The van der Waals surface area contributed by atoms with Gasteiger partial charge in [0.2, 0.25) is 0 Å². The number of ketones is 1. The zero-order chi connectivity index (χ0) is 6.69. The van der Waals surface area contributed by atoms with Crippen molar-refractivity contribution in [2.24, 2.45) is 5.92 Å². The lowest BCUT2D eigenvalue weighted by Crippen LogP contribution is -2.13. The first-order valence-corrected chi connectivity index (χ1v) is 3.84. The van der Waals surface area contributed by atoms with E-state index in [1.165, 1.54) is 12.8 Å². The standard InChI is InChI=1S/C8H14O/c1-2-7-4-3-5-8(9)6-7/h7H,2-6H2,1H3. The first-order valence-electron chi connectivity index (χ1n) is 3.84. The molecule has 0 aromatic heterocycles. The van der Waals surface area contributed by atoms with Gasteiger partial charge in [0, 0.05) is 12.8 Å². The highest BCUT2D eigenvalue weighted by molar-refractivity contribution is 5.79. The maximum Gasteiger partial charge on any atom is 0.133 e. The van der Waals surface area contributed by atoms with Crippen LogP contribution in [0, 0.1) is 5.92 Å². The number of carbonyl (C=O) groups is 1. The zero-order valence-electron chi connectivity index (χ0n) is 6.02. The van der Waals surface area contributed by atoms with Gasteiger partial charge in [0.15, 0.2) is 0 Å². The second kappa shape index (κ2) is 3.00. The number of hydrogen-bond acceptors (Lipinski definition) is 1. The van der Waals surface area contributed by atoms with E-state index in [0.29, 0.717) is 11.7 Å². The Balaban J connectivity index is 2.32. The maximum atomic E-state index is 10.8. The molecule has 0 aromatic carbocycles. The van der Waals surface area contributed by atoms with E-state index in [9.17, 15) is 4.79 Å². The van der Waals surface area contributed by atoms with E-state index in [-0.39, 0.29) is 0 Å². The van der Waals surface area contributed by atoms with Crippen LogP contribution in [0.25, 0.3) is 0 Å². The highest BCUT2D eigenvalue weighted by atomic mass is 16.1. The first-order chi connectivity index (χ1) is 4.33. The van der Waals surface area contributed by atoms with Gasteiger partial charge in [0.25, 0.3) is 0 Å². The van der Waals surface area contributed by atoms with E-state index < -0.39 is 0 Å². The maximum absolute atomic E-state index is 10.8. The molecule has 1 heteroatoms. The van der Waals surface area contributed by atoms with Crippen LogP contribution in [-0.4, -0.2) is 5.78 Å². The Hall–Kier alpha value is -0.330. The molecule has 0 heterocycles. The van der Waals surface area contributed by atoms with Crippen molar-refractivity contribution >= 4 is 5.78 Å². The minimum Gasteiger partial charge on any atom is -0.300 e. The molecule has 1 unspecified atom stereocenters. The fourth-order valence-electron chi connectivity index (χ4n) is 1.46. The lowest BCUT2D eigenvalue weighted by Gasteiger charge is -2.18. The molecule has 1 aliphatic carbocycles. The summed E-state index contributed by atoms with van der Waals surface area (Å²) in [6.45, 7) is 2.17. The Morgan fingerprint density at radius 2 is 2.44 bits per heavy atom. The van der Waals surface area contributed by atoms with Crippen molar-refractivity contribution in [1.29, 1.82) is 0 Å². The van der Waals surface area contributed by atoms with Crippen LogP contribution in [0.3, 0.4) is 0 Å². The van der Waals surface area contributed by atoms with E-state index in [4.69, 9.17) is 0 Å². The molecule has 1 saturated carbocycles. The Morgan fingerprint density at radius 3 is 2.89 bits per heavy atom. The van der Waals surface area contributed by atoms with E-state index in [1.54, 1.807) is 0 Å². The summed E-state index contributed by atoms with van der Waals surface area (Å²) in [5.41, 5.74) is 0. The van der Waals surface area contributed by atoms with Gasteiger partial charge in [-0.2, -0.15) is 0 Å². The van der Waals surface area contributed by atoms with E-state index in [2.05, 4.69) is 6.92 Å². The van der Waals surface area contributed by atoms with Crippen LogP contribution >= 0.6 is 0 Å². The van der Waals surface area contributed by atoms with Gasteiger partial charge in [-0.1, -0.05) is 13.3 Å². The molecule has 9 heavy (non-hydrogen) atoms. The van der Waals surface area contributed by atoms with Crippen LogP contribution in [0.1, 0.15) is 39.0 Å². The van der Waals surface area contributed by atoms with Crippen molar-refractivity contribution in [3.8, 4) is 0 Å². The number of carbonyl (C=O) groups excluding carboxylic acids is 1. The minimum absolute atomic E-state index is 0.480. The summed E-state index contributed by atoms with van der Waals surface area (Å²) >= 11 is 0. The Labute approximate surface area is 56.4 Å². The SMILES string of the molecule is CCC1CCCC(=O)C1. The van der Waals surface area contributed by atoms with Crippen LogP contribution in [0.2, 0.25) is 0 Å². The Bertz CT molecular complexity index is 107. The van der Waals surface area contributed by atoms with E-state index in [0.717, 1.165) is 19.3 Å². The van der Waals surface area contributed by atoms with Gasteiger partial charge in [0.05, 0.1) is 0 Å². The largest absolute Gasteiger partial charge is 0.300 e. The van der Waals surface area contributed by atoms with E-state index >= 15 is 0 Å². The molecule has 1 rings (SSSR count). The predicted molar refractivity (Wildman–Crippen MR) is 37.3 cm³/mol. The summed E-state index contributed by atoms with van der Waals surface area (Å²) in [5, 5.41) is 0. The molecule has 0 aromatic rings. The summed E-state index contributed by atoms with van der Waals surface area (Å²) in [6, 6.07) is 0. The summed E-state index contributed by atoms with van der Waals surface area (Å²) in [6.07, 6.45) is 5.30. The molecule has 1 fully saturated rings. The number of hydrogen-bond donors (Lipinski definition) is 0. The molecule has 0 amide bonds. The first kappa shape index (κ1) is 6.79. The van der Waals surface area contributed by atoms with Crippen molar-refractivity contribution < 1.29 is 4.79 Å². The quantitative estimate of drug-likeness (QED) is 0.526. The van der Waals surface area contributed by atoms with Crippen LogP contribution in [0.5, 0.6) is 0 Å². The summed E-state index contributed by atoms with van der Waals surface area (Å²) < 4.78 is 0. The Morgan fingerprint density at radius 1 is 1.67 bits per heavy atom. The van der Waals surface area contributed by atoms with Crippen molar-refractivity contribution in [2.75, 3.05) is 0 Å². The molecule has 0 N–H and O–H groups in total. The van der Waals surface area contributed by atoms with Crippen molar-refractivity contribution in [3.63, 3.8) is 0 Å². The predicted octanol–water partition coefficient (Wildman–Crippen LogP) is 2.16. The molecule has 1 aliphatic rings. The van der Waals surface area contributed by atoms with Crippen LogP contribution in [-0.2, 0) is 4.79 Å². The average molecular weight is 126 g/mol. The van der Waals surface area contributed by atoms with Gasteiger partial charge < -0.3 is 0 Å². The summed E-state index contributed by atoms with van der Waals surface area (Å²) in [7, 11) is 0. The lowest BCUT2D eigenvalue weighted by molar-refractivity contribution is -0.121. The van der Waals surface area contributed by atoms with Crippen LogP contribution in [0.4, 0.5) is 0 Å². The summed E-state index contributed by atoms with van der Waals surface area (Å²) in [5.74, 6) is 1.19. The fourth-order valence-corrected chi connectivity index (χ4v) is 1.46. The van der Waals surface area contributed by atoms with Crippen molar-refractivity contribution in [1.82, 2.24) is 0 Å². The van der Waals surface area contributed by atoms with Crippen molar-refractivity contribution in [3.05, 3.63) is 0 Å². The molecule has 0 spiro atoms. The van der Waals surface area contributed by atoms with Crippen LogP contribution in [0.15, 0.2) is 0 Å². The third-order valence-electron chi connectivity index (χ3n) is 2.16. The number of Topliss-reactive ketones (excluding diaryl/α,β-unsaturated/α-hetero) is 1. The third-order valence-corrected chi connectivity index (χ3v) is 2.16. The molecule has 1 nitrogen and oxygen atoms in total. The molecule has 0 saturated heterocycles. The van der Waals surface area contributed by atoms with Crippen LogP contribution < -0.4 is 0 Å². The monoisotopic (exact) mass is 126 g/mol. The molecule has 0 aliphatic heterocycles. The molecule has 0 radical (unpaired) electrons. The molecule has 1 atom stereocenters. The van der Waals surface area contributed by atoms with Gasteiger partial charge in [-0.15, -0.1) is 0 Å². The molecule has 0 bridgehead atoms. The topological polar surface area (TPSA) is 17.1 Å². The third kappa shape index (κ3) is 1.81. The number of rotatable bonds is 1. The van der Waals surface area contributed by atoms with Gasteiger partial charge in [-0.05, 0) is 18.8 Å². The van der Waals surface area contributed by atoms with Gasteiger partial charge >= 0.3 is 0 Å². The minimum atomic E-state index is 0.480. The van der Waals surface area contributed by atoms with Gasteiger partial charge in [-0.25, -0.2) is 0 Å². The average Bonchev–Trinajstić information content (AvgIpc) is 1.88. The van der Waals surface area contributed by atoms with Gasteiger partial charge in [-0.3, -0.25) is 4.79 Å². The van der Waals surface area contributed by atoms with Crippen molar-refractivity contribution in [2.45, 2.75) is 39.0 Å². The Kier molecular flexibility index (Phi) is 2.26. The molecular formula is C8H14O. The highest BCUT2D eigenvalue weighted by Crippen LogP contribution is 2.23. The smallest absolute Gasteiger partial charge is 0.133 e. The highest BCUT2D eigenvalue weighted by Gasteiger charge is 2.16. The van der Waals surface area contributed by atoms with Gasteiger partial charge in [0.1, 0.15) is 5.78 Å². The lowest BCUT2D eigenvalue weighted by atomic mass is 9.87. The molecular weight excluding hydrogens is 112 g/mol.